The highest BCUT2D eigenvalue weighted by molar-refractivity contribution is 7.10. The minimum absolute atomic E-state index is 0.00360. The number of nitrogens with zero attached hydrogens (tertiary/aromatic N) is 2. The molecule has 138 valence electrons. The third-order valence-corrected chi connectivity index (χ3v) is 5.47. The largest absolute Gasteiger partial charge is 0.344 e. The first-order valence-corrected chi connectivity index (χ1v) is 9.86. The molecular weight excluding hydrogens is 346 g/mol. The molecule has 2 heterocycles. The minimum atomic E-state index is -0.483. The normalized spacial score (nSPS) is 16.3. The summed E-state index contributed by atoms with van der Waals surface area (Å²) < 4.78 is 0. The maximum Gasteiger partial charge on any atom is 0.244 e. The summed E-state index contributed by atoms with van der Waals surface area (Å²) in [5, 5.41) is 4.78. The topological polar surface area (TPSA) is 52.7 Å². The highest BCUT2D eigenvalue weighted by Crippen LogP contribution is 2.11. The highest BCUT2D eigenvalue weighted by atomic mass is 32.1. The molecule has 0 aliphatic carbocycles. The van der Waals surface area contributed by atoms with Crippen LogP contribution in [0, 0.1) is 0 Å². The summed E-state index contributed by atoms with van der Waals surface area (Å²) >= 11 is 1.55. The summed E-state index contributed by atoms with van der Waals surface area (Å²) in [6, 6.07) is 13.8. The zero-order chi connectivity index (χ0) is 18.4. The van der Waals surface area contributed by atoms with Gasteiger partial charge in [-0.05, 0) is 23.9 Å². The van der Waals surface area contributed by atoms with E-state index in [1.807, 2.05) is 28.5 Å². The molecule has 0 unspecified atom stereocenters. The highest BCUT2D eigenvalue weighted by Gasteiger charge is 2.25. The van der Waals surface area contributed by atoms with E-state index >= 15 is 0 Å². The van der Waals surface area contributed by atoms with Crippen molar-refractivity contribution in [1.82, 2.24) is 15.1 Å². The molecule has 3 rings (SSSR count). The number of carbonyl (C=O) groups excluding carboxylic acids is 2. The van der Waals surface area contributed by atoms with E-state index < -0.39 is 6.04 Å². The predicted octanol–water partition coefficient (Wildman–Crippen LogP) is 2.14. The van der Waals surface area contributed by atoms with Crippen molar-refractivity contribution in [1.29, 1.82) is 0 Å². The lowest BCUT2D eigenvalue weighted by Gasteiger charge is -2.36. The molecule has 1 N–H and O–H groups in total. The van der Waals surface area contributed by atoms with Crippen LogP contribution in [-0.4, -0.2) is 53.8 Å². The molecule has 26 heavy (non-hydrogen) atoms. The van der Waals surface area contributed by atoms with Crippen molar-refractivity contribution < 1.29 is 9.59 Å². The van der Waals surface area contributed by atoms with Crippen LogP contribution in [0.4, 0.5) is 0 Å². The van der Waals surface area contributed by atoms with Crippen molar-refractivity contribution in [2.75, 3.05) is 26.2 Å². The molecular formula is C20H25N3O2S. The number of nitrogens with one attached hydrogen (secondary N) is 1. The van der Waals surface area contributed by atoms with E-state index in [1.54, 1.807) is 18.3 Å². The van der Waals surface area contributed by atoms with Crippen LogP contribution < -0.4 is 5.32 Å². The molecule has 2 aromatic rings. The first-order valence-electron chi connectivity index (χ1n) is 8.98. The van der Waals surface area contributed by atoms with Crippen molar-refractivity contribution >= 4 is 23.2 Å². The first kappa shape index (κ1) is 18.6. The van der Waals surface area contributed by atoms with E-state index in [9.17, 15) is 9.59 Å². The average molecular weight is 372 g/mol. The summed E-state index contributed by atoms with van der Waals surface area (Å²) in [5.74, 6) is -0.0973. The zero-order valence-corrected chi connectivity index (χ0v) is 15.9. The Morgan fingerprint density at radius 1 is 1.08 bits per heavy atom. The summed E-state index contributed by atoms with van der Waals surface area (Å²) in [6.45, 7) is 5.81. The molecule has 0 radical (unpaired) electrons. The third-order valence-electron chi connectivity index (χ3n) is 4.60. The Labute approximate surface area is 158 Å². The van der Waals surface area contributed by atoms with Gasteiger partial charge in [-0.15, -0.1) is 11.3 Å². The monoisotopic (exact) mass is 371 g/mol. The smallest absolute Gasteiger partial charge is 0.244 e. The maximum atomic E-state index is 12.6. The molecule has 1 aromatic carbocycles. The number of benzene rings is 1. The molecule has 0 saturated carbocycles. The van der Waals surface area contributed by atoms with Gasteiger partial charge >= 0.3 is 0 Å². The minimum Gasteiger partial charge on any atom is -0.344 e. The first-order chi connectivity index (χ1) is 12.6. The molecule has 1 aliphatic rings. The van der Waals surface area contributed by atoms with Gasteiger partial charge in [0.15, 0.2) is 0 Å². The van der Waals surface area contributed by atoms with Gasteiger partial charge in [0.1, 0.15) is 6.04 Å². The van der Waals surface area contributed by atoms with E-state index in [4.69, 9.17) is 0 Å². The van der Waals surface area contributed by atoms with Crippen molar-refractivity contribution in [2.24, 2.45) is 0 Å². The third kappa shape index (κ3) is 5.16. The zero-order valence-electron chi connectivity index (χ0n) is 15.1. The van der Waals surface area contributed by atoms with Crippen molar-refractivity contribution in [3.8, 4) is 0 Å². The van der Waals surface area contributed by atoms with Crippen LogP contribution in [0.1, 0.15) is 17.4 Å². The fourth-order valence-electron chi connectivity index (χ4n) is 3.17. The van der Waals surface area contributed by atoms with Crippen molar-refractivity contribution in [3.05, 3.63) is 58.3 Å². The molecule has 1 aliphatic heterocycles. The van der Waals surface area contributed by atoms with Crippen LogP contribution in [0.25, 0.3) is 0 Å². The number of hydrogen-bond donors (Lipinski definition) is 1. The molecule has 2 amide bonds. The fourth-order valence-corrected chi connectivity index (χ4v) is 3.87. The summed E-state index contributed by atoms with van der Waals surface area (Å²) in [5.41, 5.74) is 1.29. The molecule has 0 spiro atoms. The summed E-state index contributed by atoms with van der Waals surface area (Å²) in [7, 11) is 0. The summed E-state index contributed by atoms with van der Waals surface area (Å²) in [4.78, 5) is 29.9. The van der Waals surface area contributed by atoms with Gasteiger partial charge in [0.25, 0.3) is 0 Å². The lowest BCUT2D eigenvalue weighted by molar-refractivity contribution is -0.137. The molecule has 1 fully saturated rings. The van der Waals surface area contributed by atoms with Crippen LogP contribution in [0.15, 0.2) is 47.8 Å². The van der Waals surface area contributed by atoms with E-state index in [0.717, 1.165) is 24.5 Å². The fraction of sp³-hybridized carbons (Fsp3) is 0.400. The maximum absolute atomic E-state index is 12.6. The SMILES string of the molecule is C[C@@H](NC(=O)Cc1cccs1)C(=O)N1CCN(Cc2ccccc2)CC1. The number of carbonyl (C=O) groups is 2. The Kier molecular flexibility index (Phi) is 6.41. The van der Waals surface area contributed by atoms with Gasteiger partial charge in [0.05, 0.1) is 6.42 Å². The number of thiophene rings is 1. The Morgan fingerprint density at radius 2 is 1.81 bits per heavy atom. The number of rotatable bonds is 6. The van der Waals surface area contributed by atoms with Crippen LogP contribution in [0.3, 0.4) is 0 Å². The quantitative estimate of drug-likeness (QED) is 0.846. The number of piperazine rings is 1. The Morgan fingerprint density at radius 3 is 2.46 bits per heavy atom. The van der Waals surface area contributed by atoms with Gasteiger partial charge in [-0.3, -0.25) is 14.5 Å². The molecule has 1 atom stereocenters. The Bertz CT molecular complexity index is 710. The van der Waals surface area contributed by atoms with E-state index in [-0.39, 0.29) is 11.8 Å². The van der Waals surface area contributed by atoms with Gasteiger partial charge < -0.3 is 10.2 Å². The van der Waals surface area contributed by atoms with Gasteiger partial charge in [-0.1, -0.05) is 36.4 Å². The molecule has 0 bridgehead atoms. The average Bonchev–Trinajstić information content (AvgIpc) is 3.15. The lowest BCUT2D eigenvalue weighted by Crippen LogP contribution is -2.54. The van der Waals surface area contributed by atoms with Crippen LogP contribution in [0.2, 0.25) is 0 Å². The molecule has 1 aromatic heterocycles. The molecule has 5 nitrogen and oxygen atoms in total. The molecule has 1 saturated heterocycles. The Hall–Kier alpha value is -2.18. The van der Waals surface area contributed by atoms with Crippen molar-refractivity contribution in [2.45, 2.75) is 25.9 Å². The standard InChI is InChI=1S/C20H25N3O2S/c1-16(21-19(24)14-18-8-5-13-26-18)20(25)23-11-9-22(10-12-23)15-17-6-3-2-4-7-17/h2-8,13,16H,9-12,14-15H2,1H3,(H,21,24)/t16-/m1/s1. The van der Waals surface area contributed by atoms with Crippen LogP contribution >= 0.6 is 11.3 Å². The van der Waals surface area contributed by atoms with Gasteiger partial charge in [-0.2, -0.15) is 0 Å². The number of amides is 2. The Balaban J connectivity index is 1.43. The van der Waals surface area contributed by atoms with Gasteiger partial charge in [0.2, 0.25) is 11.8 Å². The predicted molar refractivity (Wildman–Crippen MR) is 104 cm³/mol. The van der Waals surface area contributed by atoms with Gasteiger partial charge in [0, 0.05) is 37.6 Å². The second kappa shape index (κ2) is 8.96. The van der Waals surface area contributed by atoms with E-state index in [1.165, 1.54) is 5.56 Å². The lowest BCUT2D eigenvalue weighted by atomic mass is 10.2. The van der Waals surface area contributed by atoms with E-state index in [0.29, 0.717) is 19.5 Å². The van der Waals surface area contributed by atoms with Crippen LogP contribution in [-0.2, 0) is 22.6 Å². The van der Waals surface area contributed by atoms with Crippen LogP contribution in [0.5, 0.6) is 0 Å². The summed E-state index contributed by atoms with van der Waals surface area (Å²) in [6.07, 6.45) is 0.333. The second-order valence-electron chi connectivity index (χ2n) is 6.63. The number of hydrogen-bond acceptors (Lipinski definition) is 4. The van der Waals surface area contributed by atoms with E-state index in [2.05, 4.69) is 34.5 Å². The second-order valence-corrected chi connectivity index (χ2v) is 7.66. The van der Waals surface area contributed by atoms with Crippen molar-refractivity contribution in [3.63, 3.8) is 0 Å². The van der Waals surface area contributed by atoms with Gasteiger partial charge in [-0.25, -0.2) is 0 Å². The molecule has 6 heteroatoms.